The van der Waals surface area contributed by atoms with Crippen LogP contribution in [0.3, 0.4) is 0 Å². The summed E-state index contributed by atoms with van der Waals surface area (Å²) in [4.78, 5) is 25.1. The number of rotatable bonds is 5. The van der Waals surface area contributed by atoms with Crippen molar-refractivity contribution in [1.29, 1.82) is 0 Å². The van der Waals surface area contributed by atoms with Crippen LogP contribution in [0, 0.1) is 18.8 Å². The highest BCUT2D eigenvalue weighted by atomic mass is 16.5. The first-order chi connectivity index (χ1) is 20.0. The molecule has 5 aromatic heterocycles. The Labute approximate surface area is 238 Å². The van der Waals surface area contributed by atoms with Gasteiger partial charge in [0.15, 0.2) is 5.82 Å². The van der Waals surface area contributed by atoms with Gasteiger partial charge >= 0.3 is 0 Å². The SMILES string of the molecule is COc1ncccc1-c1nc2cc(C)ccn2c1-c1ccc(N=CN(C)C)nc1C#Cc1ccc2ncccc2c1. The topological polar surface area (TPSA) is 80.8 Å². The molecule has 0 N–H and O–H groups in total. The molecule has 6 aromatic rings. The second-order valence-electron chi connectivity index (χ2n) is 9.74. The summed E-state index contributed by atoms with van der Waals surface area (Å²) in [5.41, 5.74) is 7.45. The van der Waals surface area contributed by atoms with Gasteiger partial charge in [0.1, 0.15) is 17.0 Å². The number of benzene rings is 1. The van der Waals surface area contributed by atoms with Crippen molar-refractivity contribution in [2.75, 3.05) is 21.2 Å². The van der Waals surface area contributed by atoms with Crippen LogP contribution in [0.5, 0.6) is 5.88 Å². The zero-order valence-electron chi connectivity index (χ0n) is 23.2. The number of aromatic nitrogens is 5. The van der Waals surface area contributed by atoms with Crippen molar-refractivity contribution >= 4 is 28.7 Å². The Morgan fingerprint density at radius 1 is 0.902 bits per heavy atom. The minimum absolute atomic E-state index is 0.492. The number of aryl methyl sites for hydroxylation is 1. The van der Waals surface area contributed by atoms with Crippen molar-refractivity contribution < 1.29 is 4.74 Å². The van der Waals surface area contributed by atoms with Gasteiger partial charge in [-0.05, 0) is 79.1 Å². The van der Waals surface area contributed by atoms with E-state index in [1.807, 2.05) is 92.8 Å². The highest BCUT2D eigenvalue weighted by Crippen LogP contribution is 2.38. The first kappa shape index (κ1) is 25.7. The van der Waals surface area contributed by atoms with Crippen LogP contribution in [0.2, 0.25) is 0 Å². The molecule has 0 saturated carbocycles. The fourth-order valence-electron chi connectivity index (χ4n) is 4.59. The number of fused-ring (bicyclic) bond motifs is 2. The molecule has 1 aromatic carbocycles. The number of ether oxygens (including phenoxy) is 1. The Hall–Kier alpha value is -5.55. The van der Waals surface area contributed by atoms with Gasteiger partial charge < -0.3 is 9.64 Å². The molecule has 0 radical (unpaired) electrons. The number of hydrogen-bond donors (Lipinski definition) is 0. The lowest BCUT2D eigenvalue weighted by atomic mass is 10.0. The standard InChI is InChI=1S/C33H27N7O/c1-22-15-18-40-30(19-22)38-31(26-8-6-17-35-33(26)41-4)32(40)25-11-14-29(36-21-39(2)3)37-28(25)13-10-23-9-12-27-24(20-23)7-5-16-34-27/h5-9,11-12,14-21H,1-4H3. The van der Waals surface area contributed by atoms with E-state index in [-0.39, 0.29) is 0 Å². The minimum atomic E-state index is 0.492. The maximum atomic E-state index is 5.62. The zero-order chi connectivity index (χ0) is 28.3. The average molecular weight is 538 g/mol. The van der Waals surface area contributed by atoms with E-state index in [1.165, 1.54) is 0 Å². The number of imidazole rings is 1. The minimum Gasteiger partial charge on any atom is -0.481 e. The van der Waals surface area contributed by atoms with Crippen LogP contribution < -0.4 is 4.74 Å². The molecule has 6 rings (SSSR count). The Morgan fingerprint density at radius 3 is 2.61 bits per heavy atom. The Bertz CT molecular complexity index is 2000. The van der Waals surface area contributed by atoms with Gasteiger partial charge in [0.05, 0.1) is 30.2 Å². The molecule has 5 heterocycles. The molecule has 0 unspecified atom stereocenters. The average Bonchev–Trinajstić information content (AvgIpc) is 3.36. The van der Waals surface area contributed by atoms with Crippen LogP contribution in [0.15, 0.2) is 90.3 Å². The molecule has 8 heteroatoms. The van der Waals surface area contributed by atoms with E-state index < -0.39 is 0 Å². The smallest absolute Gasteiger partial charge is 0.222 e. The molecule has 0 aliphatic rings. The van der Waals surface area contributed by atoms with E-state index in [2.05, 4.69) is 37.3 Å². The second-order valence-corrected chi connectivity index (χ2v) is 9.74. The van der Waals surface area contributed by atoms with E-state index in [9.17, 15) is 0 Å². The van der Waals surface area contributed by atoms with Gasteiger partial charge in [0.25, 0.3) is 0 Å². The van der Waals surface area contributed by atoms with Gasteiger partial charge in [-0.2, -0.15) is 0 Å². The maximum Gasteiger partial charge on any atom is 0.222 e. The Balaban J connectivity index is 1.59. The molecule has 0 bridgehead atoms. The van der Waals surface area contributed by atoms with Crippen molar-refractivity contribution in [2.45, 2.75) is 6.92 Å². The highest BCUT2D eigenvalue weighted by molar-refractivity contribution is 5.86. The van der Waals surface area contributed by atoms with E-state index in [0.717, 1.165) is 50.2 Å². The quantitative estimate of drug-likeness (QED) is 0.154. The molecule has 0 aliphatic heterocycles. The van der Waals surface area contributed by atoms with Crippen molar-refractivity contribution in [2.24, 2.45) is 4.99 Å². The molecule has 200 valence electrons. The summed E-state index contributed by atoms with van der Waals surface area (Å²) in [6, 6.07) is 21.8. The summed E-state index contributed by atoms with van der Waals surface area (Å²) < 4.78 is 7.68. The van der Waals surface area contributed by atoms with E-state index in [4.69, 9.17) is 14.7 Å². The first-order valence-electron chi connectivity index (χ1n) is 13.1. The molecule has 41 heavy (non-hydrogen) atoms. The molecule has 0 aliphatic carbocycles. The Kier molecular flexibility index (Phi) is 6.84. The first-order valence-corrected chi connectivity index (χ1v) is 13.1. The lowest BCUT2D eigenvalue weighted by molar-refractivity contribution is 0.399. The lowest BCUT2D eigenvalue weighted by Crippen LogP contribution is -2.07. The van der Waals surface area contributed by atoms with Gasteiger partial charge in [-0.25, -0.2) is 19.9 Å². The van der Waals surface area contributed by atoms with Gasteiger partial charge in [-0.1, -0.05) is 12.0 Å². The predicted octanol–water partition coefficient (Wildman–Crippen LogP) is 5.94. The Morgan fingerprint density at radius 2 is 1.76 bits per heavy atom. The predicted molar refractivity (Wildman–Crippen MR) is 163 cm³/mol. The van der Waals surface area contributed by atoms with Gasteiger partial charge in [-0.15, -0.1) is 0 Å². The third kappa shape index (κ3) is 5.21. The monoisotopic (exact) mass is 537 g/mol. The van der Waals surface area contributed by atoms with Crippen molar-refractivity contribution in [3.8, 4) is 40.2 Å². The molecule has 0 fully saturated rings. The van der Waals surface area contributed by atoms with Crippen LogP contribution in [-0.4, -0.2) is 56.8 Å². The molecule has 0 atom stereocenters. The molecule has 0 amide bonds. The fourth-order valence-corrected chi connectivity index (χ4v) is 4.59. The summed E-state index contributed by atoms with van der Waals surface area (Å²) in [6.45, 7) is 2.05. The fraction of sp³-hybridized carbons (Fsp3) is 0.121. The number of methoxy groups -OCH3 is 1. The van der Waals surface area contributed by atoms with E-state index >= 15 is 0 Å². The summed E-state index contributed by atoms with van der Waals surface area (Å²) in [7, 11) is 5.45. The largest absolute Gasteiger partial charge is 0.481 e. The van der Waals surface area contributed by atoms with E-state index in [0.29, 0.717) is 17.4 Å². The zero-order valence-corrected chi connectivity index (χ0v) is 23.2. The van der Waals surface area contributed by atoms with E-state index in [1.54, 1.807) is 25.8 Å². The lowest BCUT2D eigenvalue weighted by Gasteiger charge is -2.11. The van der Waals surface area contributed by atoms with Crippen molar-refractivity contribution in [3.63, 3.8) is 0 Å². The third-order valence-corrected chi connectivity index (χ3v) is 6.49. The normalized spacial score (nSPS) is 11.1. The van der Waals surface area contributed by atoms with Crippen LogP contribution in [0.4, 0.5) is 5.82 Å². The molecule has 0 saturated heterocycles. The number of aliphatic imine (C=N–C) groups is 1. The molecular formula is C33H27N7O. The summed E-state index contributed by atoms with van der Waals surface area (Å²) in [5, 5.41) is 1.03. The van der Waals surface area contributed by atoms with Crippen LogP contribution in [0.1, 0.15) is 16.8 Å². The van der Waals surface area contributed by atoms with Crippen LogP contribution >= 0.6 is 0 Å². The molecular weight excluding hydrogens is 510 g/mol. The van der Waals surface area contributed by atoms with Crippen LogP contribution in [0.25, 0.3) is 39.1 Å². The van der Waals surface area contributed by atoms with Gasteiger partial charge in [0, 0.05) is 49.2 Å². The van der Waals surface area contributed by atoms with Gasteiger partial charge in [-0.3, -0.25) is 9.38 Å². The van der Waals surface area contributed by atoms with Crippen molar-refractivity contribution in [1.82, 2.24) is 29.2 Å². The number of hydrogen-bond acceptors (Lipinski definition) is 6. The highest BCUT2D eigenvalue weighted by Gasteiger charge is 2.22. The number of nitrogens with zero attached hydrogens (tertiary/aromatic N) is 7. The number of pyridine rings is 4. The molecule has 8 nitrogen and oxygen atoms in total. The summed E-state index contributed by atoms with van der Waals surface area (Å²) in [6.07, 6.45) is 7.23. The summed E-state index contributed by atoms with van der Waals surface area (Å²) in [5.74, 6) is 7.70. The van der Waals surface area contributed by atoms with Crippen LogP contribution in [-0.2, 0) is 0 Å². The summed E-state index contributed by atoms with van der Waals surface area (Å²) >= 11 is 0. The van der Waals surface area contributed by atoms with Gasteiger partial charge in [0.2, 0.25) is 5.88 Å². The maximum absolute atomic E-state index is 5.62. The third-order valence-electron chi connectivity index (χ3n) is 6.49. The molecule has 0 spiro atoms. The van der Waals surface area contributed by atoms with Crippen molar-refractivity contribution in [3.05, 3.63) is 102 Å². The second kappa shape index (κ2) is 10.9.